The number of benzene rings is 2. The SMILES string of the molecule is Cc1ccc(-c2nnc(NN)c3ccccc23)c(C)c1. The minimum Gasteiger partial charge on any atom is -0.306 e. The summed E-state index contributed by atoms with van der Waals surface area (Å²) in [5, 5.41) is 10.5. The molecule has 4 heteroatoms. The van der Waals surface area contributed by atoms with E-state index in [-0.39, 0.29) is 0 Å². The molecule has 0 bridgehead atoms. The number of rotatable bonds is 2. The van der Waals surface area contributed by atoms with Gasteiger partial charge in [0.15, 0.2) is 5.82 Å². The highest BCUT2D eigenvalue weighted by atomic mass is 15.3. The molecule has 100 valence electrons. The minimum absolute atomic E-state index is 0.592. The fourth-order valence-corrected chi connectivity index (χ4v) is 2.49. The third-order valence-electron chi connectivity index (χ3n) is 3.46. The Hall–Kier alpha value is -2.46. The summed E-state index contributed by atoms with van der Waals surface area (Å²) >= 11 is 0. The molecule has 1 aromatic heterocycles. The van der Waals surface area contributed by atoms with E-state index in [4.69, 9.17) is 5.84 Å². The first-order valence-electron chi connectivity index (χ1n) is 6.50. The zero-order valence-electron chi connectivity index (χ0n) is 11.5. The van der Waals surface area contributed by atoms with Crippen LogP contribution >= 0.6 is 0 Å². The van der Waals surface area contributed by atoms with Crippen LogP contribution in [-0.4, -0.2) is 10.2 Å². The van der Waals surface area contributed by atoms with Gasteiger partial charge in [-0.05, 0) is 19.4 Å². The monoisotopic (exact) mass is 264 g/mol. The standard InChI is InChI=1S/C16H16N4/c1-10-7-8-12(11(2)9-10)15-13-5-3-4-6-14(13)16(18-17)20-19-15/h3-9H,17H2,1-2H3,(H,18,20). The van der Waals surface area contributed by atoms with Crippen LogP contribution in [-0.2, 0) is 0 Å². The Bertz CT molecular complexity index is 781. The first kappa shape index (κ1) is 12.6. The average Bonchev–Trinajstić information content (AvgIpc) is 2.47. The van der Waals surface area contributed by atoms with Crippen molar-refractivity contribution in [3.8, 4) is 11.3 Å². The lowest BCUT2D eigenvalue weighted by atomic mass is 9.99. The van der Waals surface area contributed by atoms with Gasteiger partial charge in [-0.15, -0.1) is 10.2 Å². The third kappa shape index (κ3) is 2.00. The molecule has 0 saturated heterocycles. The fraction of sp³-hybridized carbons (Fsp3) is 0.125. The molecule has 0 saturated carbocycles. The van der Waals surface area contributed by atoms with Crippen molar-refractivity contribution < 1.29 is 0 Å². The zero-order chi connectivity index (χ0) is 14.1. The van der Waals surface area contributed by atoms with Gasteiger partial charge < -0.3 is 5.43 Å². The summed E-state index contributed by atoms with van der Waals surface area (Å²) in [6, 6.07) is 14.3. The molecule has 3 aromatic rings. The normalized spacial score (nSPS) is 10.8. The van der Waals surface area contributed by atoms with Crippen LogP contribution in [0, 0.1) is 13.8 Å². The predicted molar refractivity (Wildman–Crippen MR) is 82.3 cm³/mol. The number of nitrogens with two attached hydrogens (primary N) is 1. The number of fused-ring (bicyclic) bond motifs is 1. The molecule has 0 amide bonds. The molecule has 0 unspecified atom stereocenters. The molecule has 3 N–H and O–H groups in total. The van der Waals surface area contributed by atoms with Gasteiger partial charge >= 0.3 is 0 Å². The summed E-state index contributed by atoms with van der Waals surface area (Å²) in [5.41, 5.74) is 7.02. The van der Waals surface area contributed by atoms with Crippen molar-refractivity contribution in [3.05, 3.63) is 53.6 Å². The maximum absolute atomic E-state index is 5.50. The number of anilines is 1. The van der Waals surface area contributed by atoms with Crippen LogP contribution in [0.3, 0.4) is 0 Å². The van der Waals surface area contributed by atoms with E-state index in [0.717, 1.165) is 22.0 Å². The quantitative estimate of drug-likeness (QED) is 0.551. The van der Waals surface area contributed by atoms with Crippen molar-refractivity contribution in [2.24, 2.45) is 5.84 Å². The Balaban J connectivity index is 2.32. The fourth-order valence-electron chi connectivity index (χ4n) is 2.49. The van der Waals surface area contributed by atoms with Gasteiger partial charge in [0.25, 0.3) is 0 Å². The largest absolute Gasteiger partial charge is 0.306 e. The van der Waals surface area contributed by atoms with Crippen LogP contribution in [0.25, 0.3) is 22.0 Å². The van der Waals surface area contributed by atoms with Gasteiger partial charge in [-0.3, -0.25) is 0 Å². The van der Waals surface area contributed by atoms with E-state index in [1.54, 1.807) is 0 Å². The van der Waals surface area contributed by atoms with E-state index < -0.39 is 0 Å². The Morgan fingerprint density at radius 2 is 1.70 bits per heavy atom. The zero-order valence-corrected chi connectivity index (χ0v) is 11.5. The third-order valence-corrected chi connectivity index (χ3v) is 3.46. The lowest BCUT2D eigenvalue weighted by molar-refractivity contribution is 1.04. The highest BCUT2D eigenvalue weighted by Gasteiger charge is 2.11. The maximum Gasteiger partial charge on any atom is 0.170 e. The van der Waals surface area contributed by atoms with Crippen LogP contribution in [0.5, 0.6) is 0 Å². The molecule has 1 heterocycles. The molecule has 0 radical (unpaired) electrons. The lowest BCUT2D eigenvalue weighted by Gasteiger charge is -2.11. The molecule has 0 fully saturated rings. The van der Waals surface area contributed by atoms with Crippen molar-refractivity contribution in [2.75, 3.05) is 5.43 Å². The molecular formula is C16H16N4. The summed E-state index contributed by atoms with van der Waals surface area (Å²) in [7, 11) is 0. The van der Waals surface area contributed by atoms with Crippen LogP contribution < -0.4 is 11.3 Å². The van der Waals surface area contributed by atoms with Gasteiger partial charge in [0.2, 0.25) is 0 Å². The van der Waals surface area contributed by atoms with E-state index in [1.807, 2.05) is 24.3 Å². The highest BCUT2D eigenvalue weighted by molar-refractivity contribution is 6.00. The van der Waals surface area contributed by atoms with Gasteiger partial charge in [-0.2, -0.15) is 0 Å². The summed E-state index contributed by atoms with van der Waals surface area (Å²) in [6.07, 6.45) is 0. The van der Waals surface area contributed by atoms with Gasteiger partial charge in [0.05, 0.1) is 0 Å². The van der Waals surface area contributed by atoms with Crippen LogP contribution in [0.15, 0.2) is 42.5 Å². The Morgan fingerprint density at radius 3 is 2.40 bits per heavy atom. The summed E-state index contributed by atoms with van der Waals surface area (Å²) in [5.74, 6) is 6.09. The summed E-state index contributed by atoms with van der Waals surface area (Å²) in [4.78, 5) is 0. The summed E-state index contributed by atoms with van der Waals surface area (Å²) < 4.78 is 0. The number of nitrogen functional groups attached to an aromatic ring is 1. The van der Waals surface area contributed by atoms with E-state index in [2.05, 4.69) is 47.7 Å². The van der Waals surface area contributed by atoms with Gasteiger partial charge in [0.1, 0.15) is 5.69 Å². The average molecular weight is 264 g/mol. The van der Waals surface area contributed by atoms with Crippen molar-refractivity contribution in [2.45, 2.75) is 13.8 Å². The molecule has 3 rings (SSSR count). The number of nitrogens with one attached hydrogen (secondary N) is 1. The predicted octanol–water partition coefficient (Wildman–Crippen LogP) is 3.20. The second kappa shape index (κ2) is 4.90. The summed E-state index contributed by atoms with van der Waals surface area (Å²) in [6.45, 7) is 4.18. The number of hydrogen-bond acceptors (Lipinski definition) is 4. The molecule has 0 aliphatic heterocycles. The molecule has 0 aliphatic rings. The molecule has 0 atom stereocenters. The molecule has 2 aromatic carbocycles. The van der Waals surface area contributed by atoms with Gasteiger partial charge in [-0.1, -0.05) is 48.0 Å². The number of aromatic nitrogens is 2. The van der Waals surface area contributed by atoms with Crippen molar-refractivity contribution >= 4 is 16.6 Å². The molecule has 4 nitrogen and oxygen atoms in total. The van der Waals surface area contributed by atoms with Gasteiger partial charge in [0, 0.05) is 16.3 Å². The van der Waals surface area contributed by atoms with Gasteiger partial charge in [-0.25, -0.2) is 5.84 Å². The smallest absolute Gasteiger partial charge is 0.170 e. The van der Waals surface area contributed by atoms with E-state index in [1.165, 1.54) is 11.1 Å². The Labute approximate surface area is 117 Å². The highest BCUT2D eigenvalue weighted by Crippen LogP contribution is 2.31. The maximum atomic E-state index is 5.50. The second-order valence-electron chi connectivity index (χ2n) is 4.91. The first-order valence-corrected chi connectivity index (χ1v) is 6.50. The lowest BCUT2D eigenvalue weighted by Crippen LogP contribution is -2.10. The number of nitrogens with zero attached hydrogens (tertiary/aromatic N) is 2. The second-order valence-corrected chi connectivity index (χ2v) is 4.91. The Kier molecular flexibility index (Phi) is 3.08. The van der Waals surface area contributed by atoms with Crippen molar-refractivity contribution in [3.63, 3.8) is 0 Å². The van der Waals surface area contributed by atoms with Crippen LogP contribution in [0.4, 0.5) is 5.82 Å². The first-order chi connectivity index (χ1) is 9.70. The van der Waals surface area contributed by atoms with Crippen molar-refractivity contribution in [1.29, 1.82) is 0 Å². The van der Waals surface area contributed by atoms with E-state index in [0.29, 0.717) is 5.82 Å². The van der Waals surface area contributed by atoms with Crippen molar-refractivity contribution in [1.82, 2.24) is 10.2 Å². The molecule has 0 aliphatic carbocycles. The molecule has 20 heavy (non-hydrogen) atoms. The molecule has 0 spiro atoms. The molecular weight excluding hydrogens is 248 g/mol. The minimum atomic E-state index is 0.592. The van der Waals surface area contributed by atoms with Crippen LogP contribution in [0.2, 0.25) is 0 Å². The number of aryl methyl sites for hydroxylation is 2. The van der Waals surface area contributed by atoms with Crippen LogP contribution in [0.1, 0.15) is 11.1 Å². The topological polar surface area (TPSA) is 63.8 Å². The van der Waals surface area contributed by atoms with E-state index in [9.17, 15) is 0 Å². The number of hydrogen-bond donors (Lipinski definition) is 2. The Morgan fingerprint density at radius 1 is 0.950 bits per heavy atom. The number of hydrazine groups is 1. The van der Waals surface area contributed by atoms with E-state index >= 15 is 0 Å².